The van der Waals surface area contributed by atoms with E-state index in [9.17, 15) is 0 Å². The van der Waals surface area contributed by atoms with E-state index >= 15 is 0 Å². The van der Waals surface area contributed by atoms with Gasteiger partial charge in [0, 0.05) is 38.8 Å². The minimum atomic E-state index is 0.762. The lowest BCUT2D eigenvalue weighted by Crippen LogP contribution is -2.44. The van der Waals surface area contributed by atoms with Crippen molar-refractivity contribution in [3.63, 3.8) is 0 Å². The summed E-state index contributed by atoms with van der Waals surface area (Å²) in [6.07, 6.45) is 1.32. The van der Waals surface area contributed by atoms with Crippen LogP contribution in [0.25, 0.3) is 0 Å². The molecule has 1 aromatic rings. The first-order chi connectivity index (χ1) is 8.42. The highest BCUT2D eigenvalue weighted by Gasteiger charge is 2.28. The summed E-state index contributed by atoms with van der Waals surface area (Å²) < 4.78 is 5.42. The van der Waals surface area contributed by atoms with Crippen molar-refractivity contribution in [2.24, 2.45) is 0 Å². The van der Waals surface area contributed by atoms with Crippen molar-refractivity contribution in [2.45, 2.75) is 19.0 Å². The minimum Gasteiger partial charge on any atom is -0.379 e. The summed E-state index contributed by atoms with van der Waals surface area (Å²) in [6, 6.07) is 3.00. The fraction of sp³-hybridized carbons (Fsp3) is 0.692. The Morgan fingerprint density at radius 3 is 2.94 bits per heavy atom. The summed E-state index contributed by atoms with van der Waals surface area (Å²) in [5.41, 5.74) is 1.47. The van der Waals surface area contributed by atoms with Crippen LogP contribution in [0.1, 0.15) is 12.0 Å². The second-order valence-corrected chi connectivity index (χ2v) is 5.74. The smallest absolute Gasteiger partial charge is 0.0594 e. The Labute approximate surface area is 107 Å². The molecule has 0 N–H and O–H groups in total. The van der Waals surface area contributed by atoms with E-state index in [0.717, 1.165) is 38.9 Å². The Morgan fingerprint density at radius 1 is 1.29 bits per heavy atom. The van der Waals surface area contributed by atoms with Crippen LogP contribution in [0.3, 0.4) is 0 Å². The molecule has 3 heterocycles. The molecule has 94 valence electrons. The number of morpholine rings is 1. The van der Waals surface area contributed by atoms with Gasteiger partial charge in [-0.1, -0.05) is 0 Å². The lowest BCUT2D eigenvalue weighted by molar-refractivity contribution is 0.0184. The van der Waals surface area contributed by atoms with Crippen LogP contribution in [0.4, 0.5) is 0 Å². The van der Waals surface area contributed by atoms with Gasteiger partial charge in [-0.2, -0.15) is 11.3 Å². The van der Waals surface area contributed by atoms with E-state index in [-0.39, 0.29) is 0 Å². The topological polar surface area (TPSA) is 15.7 Å². The van der Waals surface area contributed by atoms with Crippen LogP contribution < -0.4 is 0 Å². The molecule has 2 fully saturated rings. The number of hydrogen-bond donors (Lipinski definition) is 0. The molecule has 0 aromatic carbocycles. The van der Waals surface area contributed by atoms with Crippen molar-refractivity contribution >= 4 is 11.3 Å². The van der Waals surface area contributed by atoms with Gasteiger partial charge in [-0.25, -0.2) is 0 Å². The average molecular weight is 252 g/mol. The minimum absolute atomic E-state index is 0.762. The van der Waals surface area contributed by atoms with Crippen molar-refractivity contribution in [1.82, 2.24) is 9.80 Å². The number of hydrogen-bond acceptors (Lipinski definition) is 4. The summed E-state index contributed by atoms with van der Waals surface area (Å²) >= 11 is 1.80. The molecule has 2 saturated heterocycles. The fourth-order valence-electron chi connectivity index (χ4n) is 2.84. The number of thiophene rings is 1. The van der Waals surface area contributed by atoms with Crippen molar-refractivity contribution in [3.8, 4) is 0 Å². The van der Waals surface area contributed by atoms with Crippen molar-refractivity contribution < 1.29 is 4.74 Å². The first-order valence-corrected chi connectivity index (χ1v) is 7.41. The highest BCUT2D eigenvalue weighted by Crippen LogP contribution is 2.19. The maximum atomic E-state index is 5.42. The third kappa shape index (κ3) is 2.88. The highest BCUT2D eigenvalue weighted by molar-refractivity contribution is 7.07. The van der Waals surface area contributed by atoms with Crippen LogP contribution in [-0.2, 0) is 11.3 Å². The maximum Gasteiger partial charge on any atom is 0.0594 e. The van der Waals surface area contributed by atoms with Gasteiger partial charge in [0.1, 0.15) is 0 Å². The normalized spacial score (nSPS) is 27.6. The lowest BCUT2D eigenvalue weighted by atomic mass is 10.2. The molecular weight excluding hydrogens is 232 g/mol. The largest absolute Gasteiger partial charge is 0.379 e. The van der Waals surface area contributed by atoms with Gasteiger partial charge < -0.3 is 4.74 Å². The third-order valence-electron chi connectivity index (χ3n) is 3.80. The van der Waals surface area contributed by atoms with E-state index in [1.165, 1.54) is 25.1 Å². The predicted octanol–water partition coefficient (Wildman–Crippen LogP) is 1.65. The zero-order chi connectivity index (χ0) is 11.5. The Kier molecular flexibility index (Phi) is 3.76. The zero-order valence-electron chi connectivity index (χ0n) is 10.2. The van der Waals surface area contributed by atoms with E-state index in [1.54, 1.807) is 11.3 Å². The van der Waals surface area contributed by atoms with Crippen LogP contribution in [0.2, 0.25) is 0 Å². The number of rotatable bonds is 3. The molecule has 1 atom stereocenters. The summed E-state index contributed by atoms with van der Waals surface area (Å²) in [5.74, 6) is 0. The van der Waals surface area contributed by atoms with Crippen molar-refractivity contribution in [2.75, 3.05) is 39.4 Å². The van der Waals surface area contributed by atoms with Gasteiger partial charge in [0.15, 0.2) is 0 Å². The molecule has 1 aromatic heterocycles. The summed E-state index contributed by atoms with van der Waals surface area (Å²) in [5, 5.41) is 4.44. The van der Waals surface area contributed by atoms with Gasteiger partial charge in [-0.15, -0.1) is 0 Å². The molecule has 3 nitrogen and oxygen atoms in total. The van der Waals surface area contributed by atoms with Crippen LogP contribution >= 0.6 is 11.3 Å². The Hall–Kier alpha value is -0.420. The van der Waals surface area contributed by atoms with Gasteiger partial charge in [-0.05, 0) is 28.8 Å². The summed E-state index contributed by atoms with van der Waals surface area (Å²) in [4.78, 5) is 5.19. The van der Waals surface area contributed by atoms with Crippen molar-refractivity contribution in [3.05, 3.63) is 22.4 Å². The Bertz CT molecular complexity index is 335. The molecular formula is C13H20N2OS. The monoisotopic (exact) mass is 252 g/mol. The Balaban J connectivity index is 1.51. The van der Waals surface area contributed by atoms with Crippen LogP contribution in [-0.4, -0.2) is 55.2 Å². The molecule has 4 heteroatoms. The quantitative estimate of drug-likeness (QED) is 0.813. The lowest BCUT2D eigenvalue weighted by Gasteiger charge is -2.32. The number of likely N-dealkylation sites (tertiary alicyclic amines) is 1. The molecule has 3 rings (SSSR count). The van der Waals surface area contributed by atoms with Gasteiger partial charge in [0.25, 0.3) is 0 Å². The second-order valence-electron chi connectivity index (χ2n) is 4.96. The molecule has 0 radical (unpaired) electrons. The highest BCUT2D eigenvalue weighted by atomic mass is 32.1. The van der Waals surface area contributed by atoms with Gasteiger partial charge in [-0.3, -0.25) is 9.80 Å². The fourth-order valence-corrected chi connectivity index (χ4v) is 3.50. The predicted molar refractivity (Wildman–Crippen MR) is 70.4 cm³/mol. The van der Waals surface area contributed by atoms with Gasteiger partial charge >= 0.3 is 0 Å². The molecule has 0 aliphatic carbocycles. The molecule has 2 aliphatic heterocycles. The first kappa shape index (κ1) is 11.7. The number of ether oxygens (including phenoxy) is 1. The van der Waals surface area contributed by atoms with Crippen LogP contribution in [0.15, 0.2) is 16.8 Å². The summed E-state index contributed by atoms with van der Waals surface area (Å²) in [6.45, 7) is 7.69. The molecule has 0 amide bonds. The summed E-state index contributed by atoms with van der Waals surface area (Å²) in [7, 11) is 0. The standard InChI is InChI=1S/C13H20N2OS/c1-3-14(9-12-2-8-17-11-12)10-13(1)15-4-6-16-7-5-15/h2,8,11,13H,1,3-7,9-10H2/t13-/m0/s1. The zero-order valence-corrected chi connectivity index (χ0v) is 11.0. The molecule has 0 spiro atoms. The first-order valence-electron chi connectivity index (χ1n) is 6.47. The maximum absolute atomic E-state index is 5.42. The Morgan fingerprint density at radius 2 is 2.18 bits per heavy atom. The van der Waals surface area contributed by atoms with Crippen LogP contribution in [0.5, 0.6) is 0 Å². The molecule has 0 unspecified atom stereocenters. The van der Waals surface area contributed by atoms with E-state index in [0.29, 0.717) is 0 Å². The van der Waals surface area contributed by atoms with E-state index < -0.39 is 0 Å². The number of nitrogens with zero attached hydrogens (tertiary/aromatic N) is 2. The van der Waals surface area contributed by atoms with E-state index in [2.05, 4.69) is 26.6 Å². The third-order valence-corrected chi connectivity index (χ3v) is 4.53. The SMILES string of the molecule is c1cc(CN2CC[C@H](N3CCOCC3)C2)cs1. The molecule has 0 bridgehead atoms. The molecule has 17 heavy (non-hydrogen) atoms. The second kappa shape index (κ2) is 5.48. The molecule has 0 saturated carbocycles. The van der Waals surface area contributed by atoms with Gasteiger partial charge in [0.05, 0.1) is 13.2 Å². The van der Waals surface area contributed by atoms with E-state index in [4.69, 9.17) is 4.74 Å². The molecule has 2 aliphatic rings. The van der Waals surface area contributed by atoms with E-state index in [1.807, 2.05) is 0 Å². The van der Waals surface area contributed by atoms with Crippen molar-refractivity contribution in [1.29, 1.82) is 0 Å². The average Bonchev–Trinajstić information content (AvgIpc) is 3.02. The van der Waals surface area contributed by atoms with Gasteiger partial charge in [0.2, 0.25) is 0 Å². The van der Waals surface area contributed by atoms with Crippen LogP contribution in [0, 0.1) is 0 Å².